The van der Waals surface area contributed by atoms with Crippen LogP contribution >= 0.6 is 0 Å². The molecule has 0 aliphatic heterocycles. The highest BCUT2D eigenvalue weighted by Crippen LogP contribution is 2.12. The molecule has 0 saturated carbocycles. The highest BCUT2D eigenvalue weighted by atomic mass is 32.2. The third-order valence-electron chi connectivity index (χ3n) is 3.09. The lowest BCUT2D eigenvalue weighted by Gasteiger charge is -2.11. The normalized spacial score (nSPS) is 12.2. The van der Waals surface area contributed by atoms with Crippen LogP contribution in [-0.4, -0.2) is 44.1 Å². The van der Waals surface area contributed by atoms with E-state index in [0.717, 1.165) is 16.5 Å². The molecule has 0 bridgehead atoms. The zero-order chi connectivity index (χ0) is 14.6. The van der Waals surface area contributed by atoms with Gasteiger partial charge in [0.2, 0.25) is 10.0 Å². The molecule has 0 saturated heterocycles. The summed E-state index contributed by atoms with van der Waals surface area (Å²) in [5, 5.41) is 4.24. The molecule has 108 valence electrons. The average molecular weight is 293 g/mol. The van der Waals surface area contributed by atoms with E-state index in [-0.39, 0.29) is 5.75 Å². The average Bonchev–Trinajstić information content (AvgIpc) is 2.43. The molecule has 1 N–H and O–H groups in total. The number of pyridine rings is 1. The van der Waals surface area contributed by atoms with Gasteiger partial charge in [0.1, 0.15) is 0 Å². The molecule has 20 heavy (non-hydrogen) atoms. The number of hydrogen-bond donors (Lipinski definition) is 1. The van der Waals surface area contributed by atoms with Crippen LogP contribution in [0.4, 0.5) is 0 Å². The maximum atomic E-state index is 11.6. The zero-order valence-electron chi connectivity index (χ0n) is 11.7. The summed E-state index contributed by atoms with van der Waals surface area (Å²) in [5.41, 5.74) is 2.08. The number of aromatic nitrogens is 1. The van der Waals surface area contributed by atoms with Gasteiger partial charge in [-0.3, -0.25) is 4.98 Å². The van der Waals surface area contributed by atoms with Crippen molar-refractivity contribution < 1.29 is 8.42 Å². The number of benzene rings is 1. The third kappa shape index (κ3) is 3.75. The Kier molecular flexibility index (Phi) is 4.69. The summed E-state index contributed by atoms with van der Waals surface area (Å²) in [6.07, 6.45) is 1.77. The molecule has 0 unspecified atom stereocenters. The van der Waals surface area contributed by atoms with E-state index in [1.54, 1.807) is 20.3 Å². The van der Waals surface area contributed by atoms with Crippen molar-refractivity contribution in [2.24, 2.45) is 0 Å². The molecular weight excluding hydrogens is 274 g/mol. The van der Waals surface area contributed by atoms with Gasteiger partial charge in [0, 0.05) is 38.8 Å². The van der Waals surface area contributed by atoms with Crippen molar-refractivity contribution in [3.63, 3.8) is 0 Å². The maximum Gasteiger partial charge on any atom is 0.214 e. The molecule has 0 fully saturated rings. The lowest BCUT2D eigenvalue weighted by Crippen LogP contribution is -2.30. The standard InChI is InChI=1S/C14H19N3O2S/c1-17(2)20(18,19)9-8-15-11-12-5-6-14-13(10-12)4-3-7-16-14/h3-7,10,15H,8-9,11H2,1-2H3. The van der Waals surface area contributed by atoms with Crippen LogP contribution in [0.1, 0.15) is 5.56 Å². The number of fused-ring (bicyclic) bond motifs is 1. The Hall–Kier alpha value is -1.50. The van der Waals surface area contributed by atoms with Gasteiger partial charge < -0.3 is 5.32 Å². The minimum Gasteiger partial charge on any atom is -0.312 e. The van der Waals surface area contributed by atoms with Gasteiger partial charge in [0.15, 0.2) is 0 Å². The maximum absolute atomic E-state index is 11.6. The van der Waals surface area contributed by atoms with Crippen LogP contribution in [0.2, 0.25) is 0 Å². The van der Waals surface area contributed by atoms with Crippen LogP contribution in [0, 0.1) is 0 Å². The van der Waals surface area contributed by atoms with Crippen molar-refractivity contribution in [2.75, 3.05) is 26.4 Å². The number of nitrogens with one attached hydrogen (secondary N) is 1. The van der Waals surface area contributed by atoms with Crippen LogP contribution in [-0.2, 0) is 16.6 Å². The first-order valence-electron chi connectivity index (χ1n) is 6.43. The minimum atomic E-state index is -3.13. The first-order chi connectivity index (χ1) is 9.49. The Balaban J connectivity index is 1.90. The molecule has 6 heteroatoms. The number of sulfonamides is 1. The second-order valence-corrected chi connectivity index (χ2v) is 7.11. The first kappa shape index (κ1) is 14.9. The quantitative estimate of drug-likeness (QED) is 0.813. The van der Waals surface area contributed by atoms with Crippen molar-refractivity contribution in [3.05, 3.63) is 42.1 Å². The fourth-order valence-corrected chi connectivity index (χ4v) is 2.62. The van der Waals surface area contributed by atoms with Crippen molar-refractivity contribution in [1.29, 1.82) is 0 Å². The van der Waals surface area contributed by atoms with Gasteiger partial charge in [0.25, 0.3) is 0 Å². The fourth-order valence-electron chi connectivity index (χ4n) is 1.85. The summed E-state index contributed by atoms with van der Waals surface area (Å²) in [6, 6.07) is 9.97. The number of nitrogens with zero attached hydrogens (tertiary/aromatic N) is 2. The van der Waals surface area contributed by atoms with Gasteiger partial charge in [-0.25, -0.2) is 12.7 Å². The molecule has 1 heterocycles. The Labute approximate surface area is 119 Å². The smallest absolute Gasteiger partial charge is 0.214 e. The Morgan fingerprint density at radius 3 is 2.80 bits per heavy atom. The summed E-state index contributed by atoms with van der Waals surface area (Å²) < 4.78 is 24.4. The lowest BCUT2D eigenvalue weighted by atomic mass is 10.1. The van der Waals surface area contributed by atoms with E-state index in [4.69, 9.17) is 0 Å². The van der Waals surface area contributed by atoms with Crippen molar-refractivity contribution in [1.82, 2.24) is 14.6 Å². The Morgan fingerprint density at radius 1 is 1.25 bits per heavy atom. The Morgan fingerprint density at radius 2 is 2.05 bits per heavy atom. The van der Waals surface area contributed by atoms with Crippen LogP contribution < -0.4 is 5.32 Å². The van der Waals surface area contributed by atoms with Gasteiger partial charge in [-0.15, -0.1) is 0 Å². The van der Waals surface area contributed by atoms with E-state index in [1.165, 1.54) is 4.31 Å². The third-order valence-corrected chi connectivity index (χ3v) is 4.92. The van der Waals surface area contributed by atoms with E-state index >= 15 is 0 Å². The topological polar surface area (TPSA) is 62.3 Å². The second-order valence-electron chi connectivity index (χ2n) is 4.81. The molecule has 0 amide bonds. The highest BCUT2D eigenvalue weighted by molar-refractivity contribution is 7.89. The number of hydrogen-bond acceptors (Lipinski definition) is 4. The molecule has 0 atom stereocenters. The molecule has 2 aromatic rings. The predicted octanol–water partition coefficient (Wildman–Crippen LogP) is 1.22. The molecule has 0 aliphatic carbocycles. The molecule has 0 radical (unpaired) electrons. The van der Waals surface area contributed by atoms with E-state index < -0.39 is 10.0 Å². The monoisotopic (exact) mass is 293 g/mol. The van der Waals surface area contributed by atoms with E-state index in [1.807, 2.05) is 24.3 Å². The zero-order valence-corrected chi connectivity index (χ0v) is 12.5. The molecule has 0 aliphatic rings. The van der Waals surface area contributed by atoms with Crippen LogP contribution in [0.5, 0.6) is 0 Å². The van der Waals surface area contributed by atoms with Crippen molar-refractivity contribution in [2.45, 2.75) is 6.54 Å². The summed E-state index contributed by atoms with van der Waals surface area (Å²) in [7, 11) is -0.0319. The minimum absolute atomic E-state index is 0.106. The molecule has 2 rings (SSSR count). The van der Waals surface area contributed by atoms with Gasteiger partial charge in [-0.05, 0) is 23.8 Å². The Bertz CT molecular complexity index is 684. The van der Waals surface area contributed by atoms with Gasteiger partial charge in [-0.2, -0.15) is 0 Å². The largest absolute Gasteiger partial charge is 0.312 e. The molecule has 1 aromatic heterocycles. The highest BCUT2D eigenvalue weighted by Gasteiger charge is 2.12. The predicted molar refractivity (Wildman–Crippen MR) is 80.9 cm³/mol. The summed E-state index contributed by atoms with van der Waals surface area (Å²) >= 11 is 0. The van der Waals surface area contributed by atoms with Crippen LogP contribution in [0.15, 0.2) is 36.5 Å². The van der Waals surface area contributed by atoms with E-state index in [0.29, 0.717) is 13.1 Å². The van der Waals surface area contributed by atoms with Crippen LogP contribution in [0.3, 0.4) is 0 Å². The molecule has 0 spiro atoms. The second kappa shape index (κ2) is 6.30. The molecule has 1 aromatic carbocycles. The molecular formula is C14H19N3O2S. The van der Waals surface area contributed by atoms with E-state index in [2.05, 4.69) is 16.4 Å². The van der Waals surface area contributed by atoms with Gasteiger partial charge in [-0.1, -0.05) is 12.1 Å². The van der Waals surface area contributed by atoms with Crippen LogP contribution in [0.25, 0.3) is 10.9 Å². The fraction of sp³-hybridized carbons (Fsp3) is 0.357. The summed E-state index contributed by atoms with van der Waals surface area (Å²) in [4.78, 5) is 4.27. The van der Waals surface area contributed by atoms with Gasteiger partial charge >= 0.3 is 0 Å². The summed E-state index contributed by atoms with van der Waals surface area (Å²) in [5.74, 6) is 0.106. The summed E-state index contributed by atoms with van der Waals surface area (Å²) in [6.45, 7) is 1.08. The van der Waals surface area contributed by atoms with Crippen molar-refractivity contribution in [3.8, 4) is 0 Å². The van der Waals surface area contributed by atoms with Gasteiger partial charge in [0.05, 0.1) is 11.3 Å². The van der Waals surface area contributed by atoms with Crippen molar-refractivity contribution >= 4 is 20.9 Å². The van der Waals surface area contributed by atoms with E-state index in [9.17, 15) is 8.42 Å². The lowest BCUT2D eigenvalue weighted by molar-refractivity contribution is 0.517. The first-order valence-corrected chi connectivity index (χ1v) is 8.04. The number of rotatable bonds is 6. The SMILES string of the molecule is CN(C)S(=O)(=O)CCNCc1ccc2ncccc2c1. The molecule has 5 nitrogen and oxygen atoms in total.